The average molecular weight is 341 g/mol. The largest absolute Gasteiger partial charge is 0.504 e. The summed E-state index contributed by atoms with van der Waals surface area (Å²) in [5, 5.41) is 20.8. The number of aromatic hydroxyl groups is 2. The molecule has 5 heteroatoms. The van der Waals surface area contributed by atoms with Crippen LogP contribution < -0.4 is 9.47 Å². The molecule has 2 aromatic rings. The third-order valence-corrected chi connectivity index (χ3v) is 5.52. The lowest BCUT2D eigenvalue weighted by atomic mass is 9.89. The van der Waals surface area contributed by atoms with E-state index in [0.29, 0.717) is 18.0 Å². The van der Waals surface area contributed by atoms with Gasteiger partial charge in [-0.3, -0.25) is 4.90 Å². The molecule has 0 aromatic heterocycles. The number of aryl methyl sites for hydroxylation is 1. The van der Waals surface area contributed by atoms with Gasteiger partial charge in [0.2, 0.25) is 0 Å². The molecule has 2 N–H and O–H groups in total. The summed E-state index contributed by atoms with van der Waals surface area (Å²) >= 11 is 0. The number of methoxy groups -OCH3 is 2. The molecule has 2 aliphatic rings. The Morgan fingerprint density at radius 2 is 1.80 bits per heavy atom. The van der Waals surface area contributed by atoms with Crippen molar-refractivity contribution in [3.63, 3.8) is 0 Å². The Bertz CT molecular complexity index is 818. The van der Waals surface area contributed by atoms with E-state index in [1.54, 1.807) is 14.2 Å². The van der Waals surface area contributed by atoms with Crippen LogP contribution in [0.15, 0.2) is 24.3 Å². The third-order valence-electron chi connectivity index (χ3n) is 5.52. The fourth-order valence-corrected chi connectivity index (χ4v) is 4.19. The summed E-state index contributed by atoms with van der Waals surface area (Å²) in [7, 11) is 3.16. The second-order valence-corrected chi connectivity index (χ2v) is 6.75. The number of ether oxygens (including phenoxy) is 2. The second-order valence-electron chi connectivity index (χ2n) is 6.75. The molecule has 0 spiro atoms. The first-order valence-electron chi connectivity index (χ1n) is 8.64. The van der Waals surface area contributed by atoms with E-state index in [9.17, 15) is 10.2 Å². The molecule has 0 amide bonds. The van der Waals surface area contributed by atoms with Crippen molar-refractivity contribution >= 4 is 0 Å². The minimum absolute atomic E-state index is 0.189. The van der Waals surface area contributed by atoms with Crippen LogP contribution in [0.1, 0.15) is 34.7 Å². The maximum Gasteiger partial charge on any atom is 0.162 e. The summed E-state index contributed by atoms with van der Waals surface area (Å²) in [5.41, 5.74) is 4.54. The van der Waals surface area contributed by atoms with Crippen molar-refractivity contribution in [2.24, 2.45) is 0 Å². The summed E-state index contributed by atoms with van der Waals surface area (Å²) in [6.07, 6.45) is 2.75. The van der Waals surface area contributed by atoms with E-state index in [1.807, 2.05) is 18.2 Å². The number of hydrogen-bond acceptors (Lipinski definition) is 5. The van der Waals surface area contributed by atoms with Crippen LogP contribution in [0.5, 0.6) is 23.0 Å². The quantitative estimate of drug-likeness (QED) is 0.879. The van der Waals surface area contributed by atoms with Gasteiger partial charge in [0, 0.05) is 24.7 Å². The Morgan fingerprint density at radius 3 is 2.56 bits per heavy atom. The molecule has 0 radical (unpaired) electrons. The van der Waals surface area contributed by atoms with Crippen LogP contribution in [0.2, 0.25) is 0 Å². The fourth-order valence-electron chi connectivity index (χ4n) is 4.19. The van der Waals surface area contributed by atoms with Gasteiger partial charge < -0.3 is 19.7 Å². The Labute approximate surface area is 147 Å². The average Bonchev–Trinajstić information content (AvgIpc) is 2.81. The van der Waals surface area contributed by atoms with Gasteiger partial charge in [-0.25, -0.2) is 0 Å². The van der Waals surface area contributed by atoms with E-state index >= 15 is 0 Å². The standard InChI is InChI=1S/C20H23NO4/c1-24-18-6-4-12-3-5-16-14-10-17(22)19(25-2)9-13(14)7-8-21(16)11-15(12)20(18)23/h4,6,9-10,16,22-23H,3,5,7-8,11H2,1-2H3. The van der Waals surface area contributed by atoms with E-state index in [1.165, 1.54) is 16.7 Å². The van der Waals surface area contributed by atoms with Crippen molar-refractivity contribution in [1.29, 1.82) is 0 Å². The van der Waals surface area contributed by atoms with Gasteiger partial charge in [-0.1, -0.05) is 6.07 Å². The zero-order valence-electron chi connectivity index (χ0n) is 14.6. The monoisotopic (exact) mass is 341 g/mol. The molecule has 25 heavy (non-hydrogen) atoms. The molecule has 2 aromatic carbocycles. The van der Waals surface area contributed by atoms with Gasteiger partial charge in [0.05, 0.1) is 14.2 Å². The van der Waals surface area contributed by atoms with Gasteiger partial charge in [0.15, 0.2) is 23.0 Å². The normalized spacial score (nSPS) is 19.4. The SMILES string of the molecule is COc1cc2c(cc1O)C1CCc3ccc(OC)c(O)c3CN1CC2. The van der Waals surface area contributed by atoms with Crippen molar-refractivity contribution in [3.05, 3.63) is 46.5 Å². The third kappa shape index (κ3) is 2.59. The summed E-state index contributed by atoms with van der Waals surface area (Å²) in [6.45, 7) is 1.61. The van der Waals surface area contributed by atoms with E-state index in [4.69, 9.17) is 9.47 Å². The Kier molecular flexibility index (Phi) is 3.96. The van der Waals surface area contributed by atoms with Crippen LogP contribution in [0.25, 0.3) is 0 Å². The van der Waals surface area contributed by atoms with Crippen molar-refractivity contribution in [1.82, 2.24) is 4.90 Å². The lowest BCUT2D eigenvalue weighted by molar-refractivity contribution is 0.171. The maximum absolute atomic E-state index is 10.5. The van der Waals surface area contributed by atoms with Crippen molar-refractivity contribution in [2.75, 3.05) is 20.8 Å². The number of benzene rings is 2. The molecular formula is C20H23NO4. The molecule has 2 aliphatic heterocycles. The van der Waals surface area contributed by atoms with Gasteiger partial charge in [0.25, 0.3) is 0 Å². The first kappa shape index (κ1) is 16.1. The minimum Gasteiger partial charge on any atom is -0.504 e. The summed E-state index contributed by atoms with van der Waals surface area (Å²) in [4.78, 5) is 2.39. The molecule has 1 unspecified atom stereocenters. The highest BCUT2D eigenvalue weighted by molar-refractivity contribution is 5.52. The van der Waals surface area contributed by atoms with Gasteiger partial charge >= 0.3 is 0 Å². The first-order valence-corrected chi connectivity index (χ1v) is 8.64. The molecule has 1 atom stereocenters. The summed E-state index contributed by atoms with van der Waals surface area (Å²) < 4.78 is 10.5. The van der Waals surface area contributed by atoms with Gasteiger partial charge in [-0.2, -0.15) is 0 Å². The Balaban J connectivity index is 1.73. The highest BCUT2D eigenvalue weighted by Gasteiger charge is 2.32. The maximum atomic E-state index is 10.5. The number of hydrogen-bond donors (Lipinski definition) is 2. The molecule has 0 fully saturated rings. The molecule has 4 rings (SSSR count). The Morgan fingerprint density at radius 1 is 1.00 bits per heavy atom. The molecule has 5 nitrogen and oxygen atoms in total. The van der Waals surface area contributed by atoms with Crippen molar-refractivity contribution in [2.45, 2.75) is 31.8 Å². The molecule has 0 saturated carbocycles. The van der Waals surface area contributed by atoms with Crippen LogP contribution >= 0.6 is 0 Å². The van der Waals surface area contributed by atoms with Crippen LogP contribution in [0, 0.1) is 0 Å². The van der Waals surface area contributed by atoms with Crippen LogP contribution in [0.3, 0.4) is 0 Å². The Hall–Kier alpha value is -2.40. The zero-order valence-corrected chi connectivity index (χ0v) is 14.6. The first-order chi connectivity index (χ1) is 12.1. The van der Waals surface area contributed by atoms with Gasteiger partial charge in [0.1, 0.15) is 0 Å². The van der Waals surface area contributed by atoms with Gasteiger partial charge in [-0.15, -0.1) is 0 Å². The lowest BCUT2D eigenvalue weighted by Gasteiger charge is -2.36. The molecule has 0 aliphatic carbocycles. The summed E-state index contributed by atoms with van der Waals surface area (Å²) in [5.74, 6) is 1.50. The summed E-state index contributed by atoms with van der Waals surface area (Å²) in [6, 6.07) is 7.93. The van der Waals surface area contributed by atoms with Crippen LogP contribution in [-0.2, 0) is 19.4 Å². The number of phenolic OH excluding ortho intramolecular Hbond substituents is 2. The van der Waals surface area contributed by atoms with Crippen molar-refractivity contribution in [3.8, 4) is 23.0 Å². The topological polar surface area (TPSA) is 62.2 Å². The zero-order chi connectivity index (χ0) is 17.6. The number of fused-ring (bicyclic) bond motifs is 4. The predicted molar refractivity (Wildman–Crippen MR) is 94.5 cm³/mol. The van der Waals surface area contributed by atoms with E-state index in [-0.39, 0.29) is 17.5 Å². The molecular weight excluding hydrogens is 318 g/mol. The number of rotatable bonds is 2. The fraction of sp³-hybridized carbons (Fsp3) is 0.400. The highest BCUT2D eigenvalue weighted by atomic mass is 16.5. The molecule has 0 bridgehead atoms. The van der Waals surface area contributed by atoms with Crippen LogP contribution in [-0.4, -0.2) is 35.9 Å². The second kappa shape index (κ2) is 6.15. The number of phenols is 2. The predicted octanol–water partition coefficient (Wildman–Crippen LogP) is 3.16. The van der Waals surface area contributed by atoms with E-state index in [0.717, 1.165) is 31.4 Å². The molecule has 2 heterocycles. The van der Waals surface area contributed by atoms with E-state index in [2.05, 4.69) is 11.0 Å². The molecule has 0 saturated heterocycles. The highest BCUT2D eigenvalue weighted by Crippen LogP contribution is 2.44. The minimum atomic E-state index is 0.189. The molecule has 132 valence electrons. The van der Waals surface area contributed by atoms with E-state index < -0.39 is 0 Å². The number of nitrogens with zero attached hydrogens (tertiary/aromatic N) is 1. The van der Waals surface area contributed by atoms with Crippen molar-refractivity contribution < 1.29 is 19.7 Å². The van der Waals surface area contributed by atoms with Crippen LogP contribution in [0.4, 0.5) is 0 Å². The lowest BCUT2D eigenvalue weighted by Crippen LogP contribution is -2.34. The van der Waals surface area contributed by atoms with Gasteiger partial charge in [-0.05, 0) is 54.2 Å². The smallest absolute Gasteiger partial charge is 0.162 e.